The summed E-state index contributed by atoms with van der Waals surface area (Å²) in [6.45, 7) is 0.612. The second-order valence-corrected chi connectivity index (χ2v) is 4.26. The SMILES string of the molecule is CN1CC(Nc2ccc(C(=O)O)nn2)CCC1=O. The van der Waals surface area contributed by atoms with Crippen LogP contribution in [-0.4, -0.2) is 51.7 Å². The normalized spacial score (nSPS) is 19.7. The van der Waals surface area contributed by atoms with Gasteiger partial charge < -0.3 is 15.3 Å². The summed E-state index contributed by atoms with van der Waals surface area (Å²) in [6.07, 6.45) is 1.25. The van der Waals surface area contributed by atoms with Crippen LogP contribution in [0.3, 0.4) is 0 Å². The Morgan fingerprint density at radius 2 is 2.28 bits per heavy atom. The standard InChI is InChI=1S/C11H14N4O3/c1-15-6-7(2-5-10(15)16)12-9-4-3-8(11(17)18)13-14-9/h3-4,7H,2,5-6H2,1H3,(H,12,14)(H,17,18). The first-order valence-electron chi connectivity index (χ1n) is 5.64. The zero-order valence-electron chi connectivity index (χ0n) is 9.96. The molecule has 1 atom stereocenters. The smallest absolute Gasteiger partial charge is 0.356 e. The van der Waals surface area contributed by atoms with E-state index >= 15 is 0 Å². The van der Waals surface area contributed by atoms with Crippen LogP contribution in [0.5, 0.6) is 0 Å². The minimum Gasteiger partial charge on any atom is -0.476 e. The summed E-state index contributed by atoms with van der Waals surface area (Å²) in [6, 6.07) is 3.10. The highest BCUT2D eigenvalue weighted by Gasteiger charge is 2.22. The van der Waals surface area contributed by atoms with E-state index in [1.54, 1.807) is 18.0 Å². The Kier molecular flexibility index (Phi) is 3.40. The molecule has 2 N–H and O–H groups in total. The summed E-state index contributed by atoms with van der Waals surface area (Å²) >= 11 is 0. The first-order chi connectivity index (χ1) is 8.56. The average molecular weight is 250 g/mol. The molecule has 1 aliphatic heterocycles. The lowest BCUT2D eigenvalue weighted by molar-refractivity contribution is -0.132. The molecule has 0 spiro atoms. The maximum atomic E-state index is 11.3. The summed E-state index contributed by atoms with van der Waals surface area (Å²) < 4.78 is 0. The van der Waals surface area contributed by atoms with E-state index in [0.717, 1.165) is 6.42 Å². The number of aromatic nitrogens is 2. The van der Waals surface area contributed by atoms with Crippen molar-refractivity contribution in [2.75, 3.05) is 18.9 Å². The number of likely N-dealkylation sites (tertiary alicyclic amines) is 1. The number of aromatic carboxylic acids is 1. The van der Waals surface area contributed by atoms with Gasteiger partial charge in [0.2, 0.25) is 5.91 Å². The van der Waals surface area contributed by atoms with Crippen molar-refractivity contribution in [3.8, 4) is 0 Å². The largest absolute Gasteiger partial charge is 0.476 e. The molecule has 0 aliphatic carbocycles. The number of rotatable bonds is 3. The van der Waals surface area contributed by atoms with E-state index in [2.05, 4.69) is 15.5 Å². The van der Waals surface area contributed by atoms with Crippen LogP contribution < -0.4 is 5.32 Å². The highest BCUT2D eigenvalue weighted by Crippen LogP contribution is 2.14. The summed E-state index contributed by atoms with van der Waals surface area (Å²) in [5.74, 6) is -0.440. The van der Waals surface area contributed by atoms with E-state index in [1.165, 1.54) is 6.07 Å². The van der Waals surface area contributed by atoms with Crippen LogP contribution in [-0.2, 0) is 4.79 Å². The number of piperidine rings is 1. The van der Waals surface area contributed by atoms with Gasteiger partial charge in [-0.1, -0.05) is 0 Å². The summed E-state index contributed by atoms with van der Waals surface area (Å²) in [5.41, 5.74) is -0.0866. The number of nitrogens with one attached hydrogen (secondary N) is 1. The summed E-state index contributed by atoms with van der Waals surface area (Å²) in [4.78, 5) is 23.6. The van der Waals surface area contributed by atoms with Gasteiger partial charge in [0, 0.05) is 26.1 Å². The van der Waals surface area contributed by atoms with Gasteiger partial charge in [-0.05, 0) is 18.6 Å². The third kappa shape index (κ3) is 2.73. The van der Waals surface area contributed by atoms with E-state index in [0.29, 0.717) is 18.8 Å². The third-order valence-corrected chi connectivity index (χ3v) is 2.86. The van der Waals surface area contributed by atoms with Crippen molar-refractivity contribution in [3.05, 3.63) is 17.8 Å². The molecule has 96 valence electrons. The molecule has 0 bridgehead atoms. The van der Waals surface area contributed by atoms with E-state index in [9.17, 15) is 9.59 Å². The molecule has 7 nitrogen and oxygen atoms in total. The first-order valence-corrected chi connectivity index (χ1v) is 5.64. The molecule has 1 amide bonds. The zero-order valence-corrected chi connectivity index (χ0v) is 9.96. The lowest BCUT2D eigenvalue weighted by Crippen LogP contribution is -2.43. The van der Waals surface area contributed by atoms with Gasteiger partial charge in [0.1, 0.15) is 5.82 Å². The summed E-state index contributed by atoms with van der Waals surface area (Å²) in [5, 5.41) is 19.2. The van der Waals surface area contributed by atoms with Crippen LogP contribution in [0.4, 0.5) is 5.82 Å². The quantitative estimate of drug-likeness (QED) is 0.796. The van der Waals surface area contributed by atoms with Gasteiger partial charge in [0.25, 0.3) is 0 Å². The molecule has 7 heteroatoms. The fourth-order valence-electron chi connectivity index (χ4n) is 1.86. The molecule has 1 aromatic heterocycles. The Labute approximate surface area is 104 Å². The second kappa shape index (κ2) is 4.99. The lowest BCUT2D eigenvalue weighted by Gasteiger charge is -2.30. The molecule has 0 aromatic carbocycles. The lowest BCUT2D eigenvalue weighted by atomic mass is 10.1. The molecule has 2 rings (SSSR count). The van der Waals surface area contributed by atoms with E-state index < -0.39 is 5.97 Å². The number of carboxylic acid groups (broad SMARTS) is 1. The minimum atomic E-state index is -1.10. The van der Waals surface area contributed by atoms with Crippen molar-refractivity contribution < 1.29 is 14.7 Å². The maximum absolute atomic E-state index is 11.3. The van der Waals surface area contributed by atoms with Gasteiger partial charge in [0.15, 0.2) is 5.69 Å². The van der Waals surface area contributed by atoms with Crippen LogP contribution in [0.15, 0.2) is 12.1 Å². The Morgan fingerprint density at radius 3 is 2.83 bits per heavy atom. The van der Waals surface area contributed by atoms with Crippen molar-refractivity contribution in [3.63, 3.8) is 0 Å². The van der Waals surface area contributed by atoms with Crippen LogP contribution >= 0.6 is 0 Å². The first kappa shape index (κ1) is 12.3. The Hall–Kier alpha value is -2.18. The highest BCUT2D eigenvalue weighted by molar-refractivity contribution is 5.85. The van der Waals surface area contributed by atoms with E-state index in [4.69, 9.17) is 5.11 Å². The highest BCUT2D eigenvalue weighted by atomic mass is 16.4. The number of likely N-dealkylation sites (N-methyl/N-ethyl adjacent to an activating group) is 1. The topological polar surface area (TPSA) is 95.4 Å². The monoisotopic (exact) mass is 250 g/mol. The Morgan fingerprint density at radius 1 is 1.50 bits per heavy atom. The predicted molar refractivity (Wildman–Crippen MR) is 63.3 cm³/mol. The number of carbonyl (C=O) groups is 2. The van der Waals surface area contributed by atoms with Crippen molar-refractivity contribution in [1.82, 2.24) is 15.1 Å². The van der Waals surface area contributed by atoms with Gasteiger partial charge in [-0.25, -0.2) is 4.79 Å². The minimum absolute atomic E-state index is 0.0866. The molecule has 2 heterocycles. The number of amides is 1. The molecule has 1 fully saturated rings. The Bertz CT molecular complexity index is 460. The molecule has 18 heavy (non-hydrogen) atoms. The van der Waals surface area contributed by atoms with Crippen molar-refractivity contribution in [1.29, 1.82) is 0 Å². The fourth-order valence-corrected chi connectivity index (χ4v) is 1.86. The summed E-state index contributed by atoms with van der Waals surface area (Å²) in [7, 11) is 1.76. The van der Waals surface area contributed by atoms with Crippen molar-refractivity contribution >= 4 is 17.7 Å². The molecular weight excluding hydrogens is 236 g/mol. The van der Waals surface area contributed by atoms with E-state index in [1.807, 2.05) is 0 Å². The van der Waals surface area contributed by atoms with Crippen LogP contribution in [0.25, 0.3) is 0 Å². The number of hydrogen-bond acceptors (Lipinski definition) is 5. The molecular formula is C11H14N4O3. The van der Waals surface area contributed by atoms with Crippen LogP contribution in [0.1, 0.15) is 23.3 Å². The second-order valence-electron chi connectivity index (χ2n) is 4.26. The number of carboxylic acids is 1. The number of hydrogen-bond donors (Lipinski definition) is 2. The number of anilines is 1. The molecule has 1 aromatic rings. The average Bonchev–Trinajstić information content (AvgIpc) is 2.34. The molecule has 1 aliphatic rings. The zero-order chi connectivity index (χ0) is 13.1. The van der Waals surface area contributed by atoms with Gasteiger partial charge in [-0.15, -0.1) is 10.2 Å². The van der Waals surface area contributed by atoms with Crippen molar-refractivity contribution in [2.45, 2.75) is 18.9 Å². The maximum Gasteiger partial charge on any atom is 0.356 e. The van der Waals surface area contributed by atoms with Gasteiger partial charge >= 0.3 is 5.97 Å². The van der Waals surface area contributed by atoms with Gasteiger partial charge in [-0.2, -0.15) is 0 Å². The molecule has 1 unspecified atom stereocenters. The Balaban J connectivity index is 1.97. The molecule has 1 saturated heterocycles. The van der Waals surface area contributed by atoms with Crippen molar-refractivity contribution in [2.24, 2.45) is 0 Å². The van der Waals surface area contributed by atoms with Crippen LogP contribution in [0.2, 0.25) is 0 Å². The molecule has 0 radical (unpaired) electrons. The third-order valence-electron chi connectivity index (χ3n) is 2.86. The van der Waals surface area contributed by atoms with Gasteiger partial charge in [-0.3, -0.25) is 4.79 Å². The van der Waals surface area contributed by atoms with Gasteiger partial charge in [0.05, 0.1) is 0 Å². The predicted octanol–water partition coefficient (Wildman–Crippen LogP) is 0.207. The van der Waals surface area contributed by atoms with Crippen LogP contribution in [0, 0.1) is 0 Å². The van der Waals surface area contributed by atoms with E-state index in [-0.39, 0.29) is 17.6 Å². The fraction of sp³-hybridized carbons (Fsp3) is 0.455. The molecule has 0 saturated carbocycles. The number of nitrogens with zero attached hydrogens (tertiary/aromatic N) is 3. The number of carbonyl (C=O) groups excluding carboxylic acids is 1.